The topological polar surface area (TPSA) is 45.5 Å². The zero-order chi connectivity index (χ0) is 15.1. The molecule has 2 aliphatic heterocycles. The van der Waals surface area contributed by atoms with Crippen LogP contribution in [0.25, 0.3) is 5.65 Å². The molecule has 0 spiro atoms. The van der Waals surface area contributed by atoms with E-state index in [1.807, 2.05) is 4.52 Å². The van der Waals surface area contributed by atoms with Gasteiger partial charge in [0, 0.05) is 30.9 Å². The summed E-state index contributed by atoms with van der Waals surface area (Å²) in [6, 6.07) is 2.55. The lowest BCUT2D eigenvalue weighted by molar-refractivity contribution is 0.404. The van der Waals surface area contributed by atoms with E-state index in [1.54, 1.807) is 0 Å². The third-order valence-corrected chi connectivity index (χ3v) is 5.01. The number of nitrogens with one attached hydrogen (secondary N) is 1. The van der Waals surface area contributed by atoms with Gasteiger partial charge in [0.1, 0.15) is 5.82 Å². The summed E-state index contributed by atoms with van der Waals surface area (Å²) < 4.78 is 1.95. The SMILES string of the molecule is Cc1cn2nc([C@@H]3CCCCN3)cc2nc1N1CC[C@H](C)C1. The van der Waals surface area contributed by atoms with Crippen molar-refractivity contribution in [2.45, 2.75) is 45.6 Å². The number of hydrogen-bond donors (Lipinski definition) is 1. The molecule has 0 unspecified atom stereocenters. The second-order valence-electron chi connectivity index (χ2n) is 6.96. The van der Waals surface area contributed by atoms with Crippen LogP contribution in [-0.4, -0.2) is 34.2 Å². The van der Waals surface area contributed by atoms with Gasteiger partial charge in [0.05, 0.1) is 11.7 Å². The molecule has 0 saturated carbocycles. The molecule has 4 heterocycles. The van der Waals surface area contributed by atoms with Crippen molar-refractivity contribution in [3.63, 3.8) is 0 Å². The molecule has 0 radical (unpaired) electrons. The maximum absolute atomic E-state index is 4.91. The van der Waals surface area contributed by atoms with Gasteiger partial charge in [-0.1, -0.05) is 13.3 Å². The Morgan fingerprint density at radius 2 is 2.18 bits per heavy atom. The summed E-state index contributed by atoms with van der Waals surface area (Å²) >= 11 is 0. The Morgan fingerprint density at radius 1 is 1.27 bits per heavy atom. The highest BCUT2D eigenvalue weighted by molar-refractivity contribution is 5.54. The van der Waals surface area contributed by atoms with Crippen LogP contribution >= 0.6 is 0 Å². The third-order valence-electron chi connectivity index (χ3n) is 5.01. The molecule has 2 aliphatic rings. The van der Waals surface area contributed by atoms with Crippen LogP contribution in [0, 0.1) is 12.8 Å². The molecular formula is C17H25N5. The van der Waals surface area contributed by atoms with Crippen LogP contribution < -0.4 is 10.2 Å². The molecule has 1 N–H and O–H groups in total. The van der Waals surface area contributed by atoms with Gasteiger partial charge in [0.25, 0.3) is 0 Å². The van der Waals surface area contributed by atoms with Crippen LogP contribution in [0.2, 0.25) is 0 Å². The van der Waals surface area contributed by atoms with Crippen molar-refractivity contribution in [3.8, 4) is 0 Å². The Labute approximate surface area is 131 Å². The summed E-state index contributed by atoms with van der Waals surface area (Å²) in [6.45, 7) is 7.80. The van der Waals surface area contributed by atoms with Crippen LogP contribution in [0.3, 0.4) is 0 Å². The van der Waals surface area contributed by atoms with Crippen molar-refractivity contribution in [2.75, 3.05) is 24.5 Å². The number of nitrogens with zero attached hydrogens (tertiary/aromatic N) is 4. The van der Waals surface area contributed by atoms with Crippen molar-refractivity contribution in [2.24, 2.45) is 5.92 Å². The Balaban J connectivity index is 1.67. The van der Waals surface area contributed by atoms with Gasteiger partial charge in [0.2, 0.25) is 0 Å². The molecule has 118 valence electrons. The van der Waals surface area contributed by atoms with Gasteiger partial charge in [-0.3, -0.25) is 0 Å². The fraction of sp³-hybridized carbons (Fsp3) is 0.647. The Kier molecular flexibility index (Phi) is 3.53. The van der Waals surface area contributed by atoms with E-state index in [9.17, 15) is 0 Å². The minimum absolute atomic E-state index is 0.394. The molecule has 5 heteroatoms. The molecule has 2 aromatic rings. The van der Waals surface area contributed by atoms with Gasteiger partial charge in [-0.15, -0.1) is 0 Å². The standard InChI is InChI=1S/C17H25N5/c1-12-6-8-21(10-12)17-13(2)11-22-16(19-17)9-15(20-22)14-5-3-4-7-18-14/h9,11-12,14,18H,3-8,10H2,1-2H3/t12-,14-/m0/s1. The van der Waals surface area contributed by atoms with Crippen molar-refractivity contribution >= 4 is 11.5 Å². The number of fused-ring (bicyclic) bond motifs is 1. The van der Waals surface area contributed by atoms with Gasteiger partial charge >= 0.3 is 0 Å². The number of aryl methyl sites for hydroxylation is 1. The van der Waals surface area contributed by atoms with Crippen LogP contribution in [-0.2, 0) is 0 Å². The lowest BCUT2D eigenvalue weighted by atomic mass is 10.0. The molecule has 0 aliphatic carbocycles. The van der Waals surface area contributed by atoms with E-state index in [2.05, 4.69) is 36.3 Å². The maximum Gasteiger partial charge on any atom is 0.157 e. The predicted octanol–water partition coefficient (Wildman–Crippen LogP) is 2.70. The molecule has 0 amide bonds. The van der Waals surface area contributed by atoms with Gasteiger partial charge in [-0.25, -0.2) is 9.50 Å². The summed E-state index contributed by atoms with van der Waals surface area (Å²) in [5.41, 5.74) is 3.33. The first-order chi connectivity index (χ1) is 10.7. The Hall–Kier alpha value is -1.62. The zero-order valence-corrected chi connectivity index (χ0v) is 13.5. The Morgan fingerprint density at radius 3 is 2.91 bits per heavy atom. The highest BCUT2D eigenvalue weighted by atomic mass is 15.3. The fourth-order valence-electron chi connectivity index (χ4n) is 3.74. The van der Waals surface area contributed by atoms with Gasteiger partial charge in [-0.05, 0) is 38.6 Å². The summed E-state index contributed by atoms with van der Waals surface area (Å²) in [7, 11) is 0. The minimum Gasteiger partial charge on any atom is -0.356 e. The average molecular weight is 299 g/mol. The van der Waals surface area contributed by atoms with Crippen LogP contribution in [0.5, 0.6) is 0 Å². The second kappa shape index (κ2) is 5.54. The molecule has 2 atom stereocenters. The third kappa shape index (κ3) is 2.47. The van der Waals surface area contributed by atoms with Crippen LogP contribution in [0.1, 0.15) is 49.9 Å². The zero-order valence-electron chi connectivity index (χ0n) is 13.5. The number of hydrogen-bond acceptors (Lipinski definition) is 4. The summed E-state index contributed by atoms with van der Waals surface area (Å²) in [5.74, 6) is 1.91. The molecule has 5 nitrogen and oxygen atoms in total. The maximum atomic E-state index is 4.91. The van der Waals surface area contributed by atoms with Crippen LogP contribution in [0.15, 0.2) is 12.3 Å². The number of anilines is 1. The molecule has 2 saturated heterocycles. The summed E-state index contributed by atoms with van der Waals surface area (Å²) in [5, 5.41) is 8.33. The van der Waals surface area contributed by atoms with E-state index < -0.39 is 0 Å². The van der Waals surface area contributed by atoms with E-state index in [0.717, 1.165) is 42.7 Å². The lowest BCUT2D eigenvalue weighted by Gasteiger charge is -2.21. The molecule has 2 aromatic heterocycles. The molecular weight excluding hydrogens is 274 g/mol. The monoisotopic (exact) mass is 299 g/mol. The van der Waals surface area contributed by atoms with Crippen molar-refractivity contribution < 1.29 is 0 Å². The molecule has 22 heavy (non-hydrogen) atoms. The van der Waals surface area contributed by atoms with E-state index in [-0.39, 0.29) is 0 Å². The first-order valence-electron chi connectivity index (χ1n) is 8.56. The molecule has 0 aromatic carbocycles. The second-order valence-corrected chi connectivity index (χ2v) is 6.96. The van der Waals surface area contributed by atoms with E-state index in [1.165, 1.54) is 31.2 Å². The molecule has 2 fully saturated rings. The van der Waals surface area contributed by atoms with E-state index in [0.29, 0.717) is 6.04 Å². The Bertz CT molecular complexity index is 671. The van der Waals surface area contributed by atoms with Crippen LogP contribution in [0.4, 0.5) is 5.82 Å². The summed E-state index contributed by atoms with van der Waals surface area (Å²) in [6.07, 6.45) is 7.14. The van der Waals surface area contributed by atoms with E-state index >= 15 is 0 Å². The fourth-order valence-corrected chi connectivity index (χ4v) is 3.74. The lowest BCUT2D eigenvalue weighted by Crippen LogP contribution is -2.27. The average Bonchev–Trinajstić information content (AvgIpc) is 3.13. The van der Waals surface area contributed by atoms with Gasteiger partial charge in [0.15, 0.2) is 5.65 Å². The van der Waals surface area contributed by atoms with Crippen molar-refractivity contribution in [1.82, 2.24) is 19.9 Å². The normalized spacial score (nSPS) is 26.0. The highest BCUT2D eigenvalue weighted by Crippen LogP contribution is 2.27. The van der Waals surface area contributed by atoms with Gasteiger partial charge < -0.3 is 10.2 Å². The van der Waals surface area contributed by atoms with Crippen molar-refractivity contribution in [1.29, 1.82) is 0 Å². The smallest absolute Gasteiger partial charge is 0.157 e. The highest BCUT2D eigenvalue weighted by Gasteiger charge is 2.23. The number of rotatable bonds is 2. The quantitative estimate of drug-likeness (QED) is 0.926. The predicted molar refractivity (Wildman–Crippen MR) is 88.3 cm³/mol. The summed E-state index contributed by atoms with van der Waals surface area (Å²) in [4.78, 5) is 7.33. The first kappa shape index (κ1) is 14.0. The largest absolute Gasteiger partial charge is 0.356 e. The first-order valence-corrected chi connectivity index (χ1v) is 8.56. The van der Waals surface area contributed by atoms with E-state index in [4.69, 9.17) is 10.1 Å². The number of aromatic nitrogens is 3. The molecule has 4 rings (SSSR count). The van der Waals surface area contributed by atoms with Crippen molar-refractivity contribution in [3.05, 3.63) is 23.5 Å². The minimum atomic E-state index is 0.394. The molecule has 0 bridgehead atoms. The van der Waals surface area contributed by atoms with Gasteiger partial charge in [-0.2, -0.15) is 5.10 Å². The number of piperidine rings is 1.